The number of aromatic nitrogens is 2. The summed E-state index contributed by atoms with van der Waals surface area (Å²) in [5.74, 6) is 0.239. The first kappa shape index (κ1) is 19.9. The molecule has 1 saturated heterocycles. The molecule has 0 radical (unpaired) electrons. The first-order valence-corrected chi connectivity index (χ1v) is 11.6. The third-order valence-electron chi connectivity index (χ3n) is 6.16. The van der Waals surface area contributed by atoms with Crippen molar-refractivity contribution in [3.8, 4) is 10.7 Å². The first-order valence-electron chi connectivity index (χ1n) is 10.7. The molecule has 0 unspecified atom stereocenters. The molecule has 0 saturated carbocycles. The summed E-state index contributed by atoms with van der Waals surface area (Å²) in [4.78, 5) is 38.6. The number of pyridine rings is 1. The molecule has 2 aliphatic heterocycles. The van der Waals surface area contributed by atoms with Gasteiger partial charge in [0, 0.05) is 42.8 Å². The molecular formula is C24H24N4O2S. The summed E-state index contributed by atoms with van der Waals surface area (Å²) in [5, 5.41) is 2.78. The van der Waals surface area contributed by atoms with E-state index in [1.54, 1.807) is 6.20 Å². The largest absolute Gasteiger partial charge is 0.342 e. The molecule has 0 spiro atoms. The van der Waals surface area contributed by atoms with E-state index in [0.717, 1.165) is 53.3 Å². The van der Waals surface area contributed by atoms with E-state index in [2.05, 4.69) is 9.97 Å². The Balaban J connectivity index is 1.17. The van der Waals surface area contributed by atoms with Gasteiger partial charge in [-0.25, -0.2) is 4.98 Å². The van der Waals surface area contributed by atoms with Gasteiger partial charge < -0.3 is 9.80 Å². The number of benzene rings is 1. The first-order chi connectivity index (χ1) is 15.2. The number of piperidine rings is 1. The molecule has 1 fully saturated rings. The Hall–Kier alpha value is -3.06. The van der Waals surface area contributed by atoms with Crippen molar-refractivity contribution in [3.63, 3.8) is 0 Å². The zero-order valence-corrected chi connectivity index (χ0v) is 18.1. The second kappa shape index (κ2) is 8.59. The summed E-state index contributed by atoms with van der Waals surface area (Å²) in [5.41, 5.74) is 3.60. The normalized spacial score (nSPS) is 17.0. The Kier molecular flexibility index (Phi) is 5.51. The van der Waals surface area contributed by atoms with Gasteiger partial charge in [0.05, 0.1) is 17.8 Å². The lowest BCUT2D eigenvalue weighted by atomic mass is 9.94. The van der Waals surface area contributed by atoms with Crippen LogP contribution in [0.3, 0.4) is 0 Å². The van der Waals surface area contributed by atoms with Gasteiger partial charge in [-0.3, -0.25) is 14.6 Å². The lowest BCUT2D eigenvalue weighted by molar-refractivity contribution is -0.131. The van der Waals surface area contributed by atoms with Gasteiger partial charge in [-0.1, -0.05) is 24.3 Å². The molecule has 6 nitrogen and oxygen atoms in total. The van der Waals surface area contributed by atoms with Gasteiger partial charge >= 0.3 is 0 Å². The SMILES string of the molecule is O=C(Cc1csc(-c2ccccn2)n1)N1CCC(N2CCc3ccccc3C2=O)CC1. The summed E-state index contributed by atoms with van der Waals surface area (Å²) in [6, 6.07) is 13.8. The van der Waals surface area contributed by atoms with Crippen LogP contribution in [0, 0.1) is 0 Å². The maximum absolute atomic E-state index is 12.9. The summed E-state index contributed by atoms with van der Waals surface area (Å²) in [7, 11) is 0. The Morgan fingerprint density at radius 3 is 2.68 bits per heavy atom. The average molecular weight is 433 g/mol. The van der Waals surface area contributed by atoms with Gasteiger partial charge in [0.25, 0.3) is 5.91 Å². The molecule has 5 rings (SSSR count). The summed E-state index contributed by atoms with van der Waals surface area (Å²) >= 11 is 1.52. The quantitative estimate of drug-likeness (QED) is 0.634. The summed E-state index contributed by atoms with van der Waals surface area (Å²) < 4.78 is 0. The highest BCUT2D eigenvalue weighted by Gasteiger charge is 2.33. The monoisotopic (exact) mass is 432 g/mol. The van der Waals surface area contributed by atoms with Gasteiger partial charge in [0.15, 0.2) is 0 Å². The van der Waals surface area contributed by atoms with Crippen LogP contribution in [0.15, 0.2) is 54.0 Å². The molecule has 158 valence electrons. The molecule has 3 aromatic rings. The minimum Gasteiger partial charge on any atom is -0.342 e. The predicted octanol–water partition coefficient (Wildman–Crippen LogP) is 3.44. The topological polar surface area (TPSA) is 66.4 Å². The second-order valence-electron chi connectivity index (χ2n) is 8.05. The number of rotatable bonds is 4. The van der Waals surface area contributed by atoms with Crippen molar-refractivity contribution < 1.29 is 9.59 Å². The molecule has 2 aliphatic rings. The van der Waals surface area contributed by atoms with E-state index < -0.39 is 0 Å². The number of carbonyl (C=O) groups is 2. The highest BCUT2D eigenvalue weighted by atomic mass is 32.1. The van der Waals surface area contributed by atoms with Gasteiger partial charge in [0.1, 0.15) is 5.01 Å². The number of fused-ring (bicyclic) bond motifs is 1. The molecular weight excluding hydrogens is 408 g/mol. The van der Waals surface area contributed by atoms with Crippen LogP contribution >= 0.6 is 11.3 Å². The minimum atomic E-state index is 0.103. The van der Waals surface area contributed by atoms with Crippen molar-refractivity contribution in [2.75, 3.05) is 19.6 Å². The van der Waals surface area contributed by atoms with E-state index in [1.165, 1.54) is 11.3 Å². The number of hydrogen-bond acceptors (Lipinski definition) is 5. The van der Waals surface area contributed by atoms with E-state index >= 15 is 0 Å². The van der Waals surface area contributed by atoms with Gasteiger partial charge in [-0.05, 0) is 43.0 Å². The predicted molar refractivity (Wildman–Crippen MR) is 120 cm³/mol. The fourth-order valence-corrected chi connectivity index (χ4v) is 5.28. The van der Waals surface area contributed by atoms with Crippen molar-refractivity contribution in [1.82, 2.24) is 19.8 Å². The van der Waals surface area contributed by atoms with Gasteiger partial charge in [0.2, 0.25) is 5.91 Å². The molecule has 1 aromatic carbocycles. The highest BCUT2D eigenvalue weighted by molar-refractivity contribution is 7.13. The Bertz CT molecular complexity index is 1090. The third kappa shape index (κ3) is 4.10. The minimum absolute atomic E-state index is 0.103. The van der Waals surface area contributed by atoms with E-state index in [0.29, 0.717) is 19.5 Å². The van der Waals surface area contributed by atoms with E-state index in [9.17, 15) is 9.59 Å². The lowest BCUT2D eigenvalue weighted by Gasteiger charge is -2.40. The highest BCUT2D eigenvalue weighted by Crippen LogP contribution is 2.26. The molecule has 0 N–H and O–H groups in total. The smallest absolute Gasteiger partial charge is 0.254 e. The van der Waals surface area contributed by atoms with Crippen molar-refractivity contribution in [2.45, 2.75) is 31.7 Å². The maximum atomic E-state index is 12.9. The molecule has 7 heteroatoms. The molecule has 0 aliphatic carbocycles. The molecule has 31 heavy (non-hydrogen) atoms. The number of hydrogen-bond donors (Lipinski definition) is 0. The fraction of sp³-hybridized carbons (Fsp3) is 0.333. The van der Waals surface area contributed by atoms with Crippen LogP contribution < -0.4 is 0 Å². The number of carbonyl (C=O) groups excluding carboxylic acids is 2. The van der Waals surface area contributed by atoms with E-state index in [-0.39, 0.29) is 17.9 Å². The lowest BCUT2D eigenvalue weighted by Crippen LogP contribution is -2.51. The fourth-order valence-electron chi connectivity index (χ4n) is 4.48. The molecule has 4 heterocycles. The second-order valence-corrected chi connectivity index (χ2v) is 8.91. The number of likely N-dealkylation sites (tertiary alicyclic amines) is 1. The van der Waals surface area contributed by atoms with Crippen LogP contribution in [-0.2, 0) is 17.6 Å². The van der Waals surface area contributed by atoms with Crippen LogP contribution in [0.2, 0.25) is 0 Å². The number of amides is 2. The van der Waals surface area contributed by atoms with Crippen LogP contribution in [-0.4, -0.2) is 57.3 Å². The standard InChI is InChI=1S/C24H24N4O2S/c29-22(15-18-16-31-23(26-18)21-7-3-4-11-25-21)27-12-9-19(10-13-27)28-14-8-17-5-1-2-6-20(17)24(28)30/h1-7,11,16,19H,8-10,12-15H2. The molecule has 0 atom stereocenters. The number of nitrogens with zero attached hydrogens (tertiary/aromatic N) is 4. The zero-order valence-electron chi connectivity index (χ0n) is 17.2. The Morgan fingerprint density at radius 1 is 1.06 bits per heavy atom. The maximum Gasteiger partial charge on any atom is 0.254 e. The summed E-state index contributed by atoms with van der Waals surface area (Å²) in [6.45, 7) is 2.14. The van der Waals surface area contributed by atoms with Crippen LogP contribution in [0.4, 0.5) is 0 Å². The molecule has 0 bridgehead atoms. The Morgan fingerprint density at radius 2 is 1.87 bits per heavy atom. The van der Waals surface area contributed by atoms with Crippen molar-refractivity contribution >= 4 is 23.2 Å². The van der Waals surface area contributed by atoms with Gasteiger partial charge in [-0.15, -0.1) is 11.3 Å². The van der Waals surface area contributed by atoms with Crippen molar-refractivity contribution in [2.24, 2.45) is 0 Å². The third-order valence-corrected chi connectivity index (χ3v) is 7.07. The number of thiazole rings is 1. The van der Waals surface area contributed by atoms with Crippen molar-refractivity contribution in [3.05, 3.63) is 70.9 Å². The van der Waals surface area contributed by atoms with Gasteiger partial charge in [-0.2, -0.15) is 0 Å². The van der Waals surface area contributed by atoms with Crippen molar-refractivity contribution in [1.29, 1.82) is 0 Å². The Labute approximate surface area is 185 Å². The van der Waals surface area contributed by atoms with E-state index in [1.807, 2.05) is 57.6 Å². The van der Waals surface area contributed by atoms with Crippen LogP contribution in [0.25, 0.3) is 10.7 Å². The molecule has 2 amide bonds. The zero-order chi connectivity index (χ0) is 21.2. The van der Waals surface area contributed by atoms with Crippen LogP contribution in [0.1, 0.15) is 34.5 Å². The van der Waals surface area contributed by atoms with Crippen LogP contribution in [0.5, 0.6) is 0 Å². The van der Waals surface area contributed by atoms with E-state index in [4.69, 9.17) is 0 Å². The average Bonchev–Trinajstić information content (AvgIpc) is 3.29. The summed E-state index contributed by atoms with van der Waals surface area (Å²) in [6.07, 6.45) is 4.62. The molecule has 2 aromatic heterocycles.